The Hall–Kier alpha value is -1.31. The summed E-state index contributed by atoms with van der Waals surface area (Å²) >= 11 is 0. The smallest absolute Gasteiger partial charge is 0.152 e. The zero-order valence-electron chi connectivity index (χ0n) is 10.4. The molecule has 0 amide bonds. The minimum absolute atomic E-state index is 0.215. The van der Waals surface area contributed by atoms with Crippen molar-refractivity contribution in [3.8, 4) is 11.8 Å². The van der Waals surface area contributed by atoms with Gasteiger partial charge in [-0.15, -0.1) is 0 Å². The van der Waals surface area contributed by atoms with Crippen LogP contribution >= 0.6 is 0 Å². The quantitative estimate of drug-likeness (QED) is 0.816. The molecule has 2 rings (SSSR count). The lowest BCUT2D eigenvalue weighted by Gasteiger charge is -2.22. The summed E-state index contributed by atoms with van der Waals surface area (Å²) in [6.45, 7) is 2.46. The minimum Gasteiger partial charge on any atom is -0.300 e. The molecule has 0 radical (unpaired) electrons. The molecule has 1 aliphatic heterocycles. The van der Waals surface area contributed by atoms with E-state index in [9.17, 15) is 8.42 Å². The Kier molecular flexibility index (Phi) is 3.74. The second kappa shape index (κ2) is 5.13. The van der Waals surface area contributed by atoms with E-state index in [2.05, 4.69) is 17.2 Å². The van der Waals surface area contributed by atoms with Crippen molar-refractivity contribution in [3.63, 3.8) is 0 Å². The van der Waals surface area contributed by atoms with Gasteiger partial charge in [-0.25, -0.2) is 8.42 Å². The molecule has 0 saturated carbocycles. The molecule has 1 atom stereocenters. The van der Waals surface area contributed by atoms with Crippen LogP contribution in [0.2, 0.25) is 0 Å². The fourth-order valence-electron chi connectivity index (χ4n) is 2.08. The molecule has 1 unspecified atom stereocenters. The molecule has 1 heterocycles. The highest BCUT2D eigenvalue weighted by Gasteiger charge is 2.37. The number of rotatable bonds is 2. The highest BCUT2D eigenvalue weighted by molar-refractivity contribution is 7.91. The second-order valence-corrected chi connectivity index (χ2v) is 7.11. The van der Waals surface area contributed by atoms with Crippen LogP contribution in [0.25, 0.3) is 0 Å². The molecule has 3 nitrogen and oxygen atoms in total. The first kappa shape index (κ1) is 13.1. The Bertz CT molecular complexity index is 569. The molecular weight excluding hydrogens is 246 g/mol. The van der Waals surface area contributed by atoms with Crippen LogP contribution in [0.4, 0.5) is 0 Å². The summed E-state index contributed by atoms with van der Waals surface area (Å²) in [5.74, 6) is 6.57. The summed E-state index contributed by atoms with van der Waals surface area (Å²) in [6.07, 6.45) is 0.669. The average Bonchev–Trinajstić information content (AvgIpc) is 2.61. The lowest BCUT2D eigenvalue weighted by atomic mass is 10.0. The van der Waals surface area contributed by atoms with Crippen molar-refractivity contribution in [1.82, 2.24) is 5.32 Å². The van der Waals surface area contributed by atoms with Gasteiger partial charge in [-0.05, 0) is 25.5 Å². The summed E-state index contributed by atoms with van der Waals surface area (Å²) in [4.78, 5) is 0. The van der Waals surface area contributed by atoms with Gasteiger partial charge in [0.1, 0.15) is 0 Å². The van der Waals surface area contributed by atoms with Gasteiger partial charge in [-0.1, -0.05) is 30.0 Å². The van der Waals surface area contributed by atoms with Crippen LogP contribution < -0.4 is 5.32 Å². The van der Waals surface area contributed by atoms with E-state index in [-0.39, 0.29) is 17.0 Å². The van der Waals surface area contributed by atoms with E-state index >= 15 is 0 Å². The summed E-state index contributed by atoms with van der Waals surface area (Å²) in [7, 11) is -2.85. The van der Waals surface area contributed by atoms with Crippen molar-refractivity contribution >= 4 is 9.84 Å². The van der Waals surface area contributed by atoms with Crippen LogP contribution in [0.1, 0.15) is 18.9 Å². The fourth-order valence-corrected chi connectivity index (χ4v) is 4.20. The molecule has 0 aromatic heterocycles. The highest BCUT2D eigenvalue weighted by atomic mass is 32.2. The first-order chi connectivity index (χ1) is 8.49. The number of benzene rings is 1. The van der Waals surface area contributed by atoms with Crippen LogP contribution in [-0.2, 0) is 9.84 Å². The van der Waals surface area contributed by atoms with Crippen molar-refractivity contribution in [2.45, 2.75) is 18.9 Å². The van der Waals surface area contributed by atoms with Crippen molar-refractivity contribution in [2.75, 3.05) is 18.1 Å². The molecule has 1 N–H and O–H groups in total. The monoisotopic (exact) mass is 263 g/mol. The second-order valence-electron chi connectivity index (χ2n) is 4.92. The van der Waals surface area contributed by atoms with E-state index in [1.54, 1.807) is 0 Å². The fraction of sp³-hybridized carbons (Fsp3) is 0.429. The van der Waals surface area contributed by atoms with E-state index in [1.165, 1.54) is 0 Å². The van der Waals surface area contributed by atoms with Gasteiger partial charge in [-0.2, -0.15) is 0 Å². The normalized spacial score (nSPS) is 25.4. The Morgan fingerprint density at radius 2 is 2.06 bits per heavy atom. The third-order valence-electron chi connectivity index (χ3n) is 3.11. The summed E-state index contributed by atoms with van der Waals surface area (Å²) in [6, 6.07) is 9.75. The number of sulfone groups is 1. The van der Waals surface area contributed by atoms with Gasteiger partial charge in [0.05, 0.1) is 18.1 Å². The largest absolute Gasteiger partial charge is 0.300 e. The lowest BCUT2D eigenvalue weighted by molar-refractivity contribution is 0.420. The average molecular weight is 263 g/mol. The van der Waals surface area contributed by atoms with E-state index in [0.717, 1.165) is 5.56 Å². The summed E-state index contributed by atoms with van der Waals surface area (Å²) in [5, 5.41) is 3.23. The molecule has 0 aliphatic carbocycles. The highest BCUT2D eigenvalue weighted by Crippen LogP contribution is 2.22. The molecule has 0 bridgehead atoms. The third kappa shape index (κ3) is 3.59. The zero-order valence-corrected chi connectivity index (χ0v) is 11.3. The molecule has 1 fully saturated rings. The molecule has 18 heavy (non-hydrogen) atoms. The Balaban J connectivity index is 1.89. The Morgan fingerprint density at radius 3 is 2.67 bits per heavy atom. The summed E-state index contributed by atoms with van der Waals surface area (Å²) < 4.78 is 22.8. The number of hydrogen-bond acceptors (Lipinski definition) is 3. The van der Waals surface area contributed by atoms with Crippen molar-refractivity contribution in [2.24, 2.45) is 0 Å². The molecule has 1 aromatic carbocycles. The Morgan fingerprint density at radius 1 is 1.33 bits per heavy atom. The maximum Gasteiger partial charge on any atom is 0.152 e. The van der Waals surface area contributed by atoms with E-state index in [1.807, 2.05) is 37.3 Å². The maximum atomic E-state index is 11.4. The first-order valence-corrected chi connectivity index (χ1v) is 7.81. The molecule has 96 valence electrons. The molecule has 1 aromatic rings. The first-order valence-electron chi connectivity index (χ1n) is 5.99. The molecule has 0 spiro atoms. The molecular formula is C14H17NO2S. The number of nitrogens with one attached hydrogen (secondary N) is 1. The third-order valence-corrected chi connectivity index (χ3v) is 5.02. The van der Waals surface area contributed by atoms with E-state index in [0.29, 0.717) is 13.0 Å². The zero-order chi connectivity index (χ0) is 13.1. The topological polar surface area (TPSA) is 46.2 Å². The van der Waals surface area contributed by atoms with E-state index < -0.39 is 9.84 Å². The molecule has 4 heteroatoms. The van der Waals surface area contributed by atoms with Crippen LogP contribution in [-0.4, -0.2) is 32.0 Å². The molecule has 1 aliphatic rings. The van der Waals surface area contributed by atoms with Gasteiger partial charge in [0.25, 0.3) is 0 Å². The van der Waals surface area contributed by atoms with Crippen LogP contribution in [0.15, 0.2) is 30.3 Å². The predicted octanol–water partition coefficient (Wildman–Crippen LogP) is 1.20. The van der Waals surface area contributed by atoms with Crippen molar-refractivity contribution in [3.05, 3.63) is 35.9 Å². The van der Waals surface area contributed by atoms with Gasteiger partial charge in [0, 0.05) is 11.1 Å². The van der Waals surface area contributed by atoms with Crippen LogP contribution in [0.3, 0.4) is 0 Å². The maximum absolute atomic E-state index is 11.4. The predicted molar refractivity (Wildman–Crippen MR) is 73.0 cm³/mol. The standard InChI is InChI=1S/C14H17NO2S/c1-14(9-11-18(16,17)12-14)15-10-5-8-13-6-3-2-4-7-13/h2-4,6-7,15H,9-12H2,1H3. The van der Waals surface area contributed by atoms with Crippen molar-refractivity contribution < 1.29 is 8.42 Å². The van der Waals surface area contributed by atoms with Gasteiger partial charge >= 0.3 is 0 Å². The Labute approximate surface area is 109 Å². The minimum atomic E-state index is -2.85. The van der Waals surface area contributed by atoms with Crippen LogP contribution in [0, 0.1) is 11.8 Å². The number of hydrogen-bond donors (Lipinski definition) is 1. The van der Waals surface area contributed by atoms with Gasteiger partial charge in [-0.3, -0.25) is 5.32 Å². The van der Waals surface area contributed by atoms with Gasteiger partial charge in [0.15, 0.2) is 9.84 Å². The molecule has 1 saturated heterocycles. The lowest BCUT2D eigenvalue weighted by Crippen LogP contribution is -2.43. The SMILES string of the molecule is CC1(NCC#Cc2ccccc2)CCS(=O)(=O)C1. The van der Waals surface area contributed by atoms with Gasteiger partial charge < -0.3 is 0 Å². The van der Waals surface area contributed by atoms with E-state index in [4.69, 9.17) is 0 Å². The van der Waals surface area contributed by atoms with Crippen molar-refractivity contribution in [1.29, 1.82) is 0 Å². The summed E-state index contributed by atoms with van der Waals surface area (Å²) in [5.41, 5.74) is 0.660. The van der Waals surface area contributed by atoms with Crippen LogP contribution in [0.5, 0.6) is 0 Å². The van der Waals surface area contributed by atoms with Gasteiger partial charge in [0.2, 0.25) is 0 Å².